The molecule has 19 heavy (non-hydrogen) atoms. The number of carbonyl (C=O) groups excluding carboxylic acids is 1. The number of nitrogens with zero attached hydrogens (tertiary/aromatic N) is 2. The Balaban J connectivity index is 2.18. The van der Waals surface area contributed by atoms with Crippen molar-refractivity contribution in [2.24, 2.45) is 0 Å². The van der Waals surface area contributed by atoms with Crippen molar-refractivity contribution in [1.82, 2.24) is 14.7 Å². The first-order chi connectivity index (χ1) is 9.08. The van der Waals surface area contributed by atoms with Crippen LogP contribution in [-0.4, -0.2) is 32.5 Å². The van der Waals surface area contributed by atoms with Gasteiger partial charge in [0, 0.05) is 36.3 Å². The van der Waals surface area contributed by atoms with Gasteiger partial charge in [-0.25, -0.2) is 4.98 Å². The highest BCUT2D eigenvalue weighted by atomic mass is 16.3. The van der Waals surface area contributed by atoms with Crippen LogP contribution < -0.4 is 5.32 Å². The lowest BCUT2D eigenvalue weighted by molar-refractivity contribution is 0.0886. The van der Waals surface area contributed by atoms with Gasteiger partial charge >= 0.3 is 0 Å². The number of aliphatic hydroxyl groups excluding tert-OH is 1. The van der Waals surface area contributed by atoms with Crippen molar-refractivity contribution in [3.8, 4) is 0 Å². The molecule has 0 radical (unpaired) electrons. The maximum Gasteiger partial charge on any atom is 0.251 e. The predicted octanol–water partition coefficient (Wildman–Crippen LogP) is 1.62. The lowest BCUT2D eigenvalue weighted by Crippen LogP contribution is -2.46. The minimum Gasteiger partial charge on any atom is -0.396 e. The normalized spacial score (nSPS) is 14.3. The first-order valence-electron chi connectivity index (χ1n) is 6.44. The molecule has 0 saturated heterocycles. The quantitative estimate of drug-likeness (QED) is 0.859. The van der Waals surface area contributed by atoms with Crippen LogP contribution in [0.3, 0.4) is 0 Å². The van der Waals surface area contributed by atoms with Gasteiger partial charge in [-0.3, -0.25) is 4.79 Å². The van der Waals surface area contributed by atoms with E-state index in [-0.39, 0.29) is 18.1 Å². The van der Waals surface area contributed by atoms with Gasteiger partial charge in [0.2, 0.25) is 0 Å². The van der Waals surface area contributed by atoms with E-state index < -0.39 is 0 Å². The molecule has 0 aromatic carbocycles. The standard InChI is InChI=1S/C14H19N3O2/c1-3-14(2,5-9-18)16-13(19)11-4-7-17-8-6-15-12(17)10-11/h4,6-8,10,18H,3,5,9H2,1-2H3,(H,16,19). The van der Waals surface area contributed by atoms with E-state index in [0.29, 0.717) is 12.0 Å². The summed E-state index contributed by atoms with van der Waals surface area (Å²) in [5, 5.41) is 12.0. The number of carbonyl (C=O) groups is 1. The Labute approximate surface area is 112 Å². The molecule has 2 aromatic heterocycles. The van der Waals surface area contributed by atoms with Gasteiger partial charge in [-0.15, -0.1) is 0 Å². The largest absolute Gasteiger partial charge is 0.396 e. The molecule has 2 aromatic rings. The number of aliphatic hydroxyl groups is 1. The van der Waals surface area contributed by atoms with Crippen molar-refractivity contribution in [3.05, 3.63) is 36.3 Å². The molecule has 1 amide bonds. The van der Waals surface area contributed by atoms with Gasteiger partial charge in [0.05, 0.1) is 0 Å². The van der Waals surface area contributed by atoms with Crippen LogP contribution in [0.2, 0.25) is 0 Å². The smallest absolute Gasteiger partial charge is 0.251 e. The first-order valence-corrected chi connectivity index (χ1v) is 6.44. The van der Waals surface area contributed by atoms with E-state index in [9.17, 15) is 4.79 Å². The van der Waals surface area contributed by atoms with Gasteiger partial charge in [0.1, 0.15) is 5.65 Å². The summed E-state index contributed by atoms with van der Waals surface area (Å²) in [5.41, 5.74) is 0.942. The summed E-state index contributed by atoms with van der Waals surface area (Å²) in [6, 6.07) is 3.52. The molecular weight excluding hydrogens is 242 g/mol. The van der Waals surface area contributed by atoms with Gasteiger partial charge in [-0.05, 0) is 31.9 Å². The van der Waals surface area contributed by atoms with E-state index in [2.05, 4.69) is 10.3 Å². The first kappa shape index (κ1) is 13.5. The molecule has 0 aliphatic heterocycles. The number of hydrogen-bond donors (Lipinski definition) is 2. The Morgan fingerprint density at radius 1 is 1.53 bits per heavy atom. The molecule has 0 aliphatic carbocycles. The summed E-state index contributed by atoms with van der Waals surface area (Å²) in [5.74, 6) is -0.136. The average Bonchev–Trinajstić information content (AvgIpc) is 2.86. The summed E-state index contributed by atoms with van der Waals surface area (Å²) in [7, 11) is 0. The summed E-state index contributed by atoms with van der Waals surface area (Å²) in [6.07, 6.45) is 6.65. The van der Waals surface area contributed by atoms with Crippen LogP contribution in [-0.2, 0) is 0 Å². The predicted molar refractivity (Wildman–Crippen MR) is 73.1 cm³/mol. The van der Waals surface area contributed by atoms with E-state index in [1.54, 1.807) is 18.3 Å². The van der Waals surface area contributed by atoms with Gasteiger partial charge in [0.15, 0.2) is 0 Å². The van der Waals surface area contributed by atoms with Crippen LogP contribution in [0.4, 0.5) is 0 Å². The number of nitrogens with one attached hydrogen (secondary N) is 1. The van der Waals surface area contributed by atoms with E-state index in [1.165, 1.54) is 0 Å². The van der Waals surface area contributed by atoms with E-state index in [1.807, 2.05) is 30.6 Å². The Bertz CT molecular complexity index is 579. The molecule has 0 bridgehead atoms. The van der Waals surface area contributed by atoms with Gasteiger partial charge in [-0.2, -0.15) is 0 Å². The molecule has 102 valence electrons. The Morgan fingerprint density at radius 3 is 3.00 bits per heavy atom. The van der Waals surface area contributed by atoms with E-state index in [4.69, 9.17) is 5.11 Å². The molecular formula is C14H19N3O2. The zero-order valence-corrected chi connectivity index (χ0v) is 11.3. The molecule has 0 saturated carbocycles. The number of amides is 1. The van der Waals surface area contributed by atoms with E-state index in [0.717, 1.165) is 12.1 Å². The zero-order chi connectivity index (χ0) is 13.9. The average molecular weight is 261 g/mol. The number of rotatable bonds is 5. The topological polar surface area (TPSA) is 66.6 Å². The molecule has 0 spiro atoms. The molecule has 5 heteroatoms. The van der Waals surface area contributed by atoms with Crippen molar-refractivity contribution in [2.45, 2.75) is 32.2 Å². The third-order valence-electron chi connectivity index (χ3n) is 3.52. The number of imidazole rings is 1. The fourth-order valence-electron chi connectivity index (χ4n) is 1.97. The molecule has 2 N–H and O–H groups in total. The number of pyridine rings is 1. The van der Waals surface area contributed by atoms with Crippen molar-refractivity contribution in [1.29, 1.82) is 0 Å². The van der Waals surface area contributed by atoms with Crippen LogP contribution >= 0.6 is 0 Å². The zero-order valence-electron chi connectivity index (χ0n) is 11.3. The number of aromatic nitrogens is 2. The number of hydrogen-bond acceptors (Lipinski definition) is 3. The SMILES string of the molecule is CCC(C)(CCO)NC(=O)c1ccn2ccnc2c1. The van der Waals surface area contributed by atoms with Crippen molar-refractivity contribution >= 4 is 11.6 Å². The second-order valence-corrected chi connectivity index (χ2v) is 4.95. The summed E-state index contributed by atoms with van der Waals surface area (Å²) >= 11 is 0. The molecule has 0 aliphatic rings. The Morgan fingerprint density at radius 2 is 2.32 bits per heavy atom. The molecule has 2 heterocycles. The Hall–Kier alpha value is -1.88. The molecule has 0 fully saturated rings. The summed E-state index contributed by atoms with van der Waals surface area (Å²) in [6.45, 7) is 3.99. The second-order valence-electron chi connectivity index (χ2n) is 4.95. The van der Waals surface area contributed by atoms with Crippen molar-refractivity contribution in [3.63, 3.8) is 0 Å². The fourth-order valence-corrected chi connectivity index (χ4v) is 1.97. The maximum atomic E-state index is 12.2. The maximum absolute atomic E-state index is 12.2. The molecule has 1 atom stereocenters. The minimum atomic E-state index is -0.382. The monoisotopic (exact) mass is 261 g/mol. The van der Waals surface area contributed by atoms with Crippen LogP contribution in [0.25, 0.3) is 5.65 Å². The third kappa shape index (κ3) is 2.93. The summed E-state index contributed by atoms with van der Waals surface area (Å²) < 4.78 is 1.85. The van der Waals surface area contributed by atoms with Crippen LogP contribution in [0.5, 0.6) is 0 Å². The summed E-state index contributed by atoms with van der Waals surface area (Å²) in [4.78, 5) is 16.4. The fraction of sp³-hybridized carbons (Fsp3) is 0.429. The van der Waals surface area contributed by atoms with Gasteiger partial charge in [-0.1, -0.05) is 6.92 Å². The number of fused-ring (bicyclic) bond motifs is 1. The third-order valence-corrected chi connectivity index (χ3v) is 3.52. The molecule has 1 unspecified atom stereocenters. The van der Waals surface area contributed by atoms with Crippen LogP contribution in [0.1, 0.15) is 37.0 Å². The highest BCUT2D eigenvalue weighted by Crippen LogP contribution is 2.15. The lowest BCUT2D eigenvalue weighted by atomic mass is 9.94. The highest BCUT2D eigenvalue weighted by Gasteiger charge is 2.24. The minimum absolute atomic E-state index is 0.0594. The molecule has 5 nitrogen and oxygen atoms in total. The van der Waals surface area contributed by atoms with Gasteiger partial charge in [0.25, 0.3) is 5.91 Å². The Kier molecular flexibility index (Phi) is 3.85. The van der Waals surface area contributed by atoms with Crippen LogP contribution in [0.15, 0.2) is 30.7 Å². The second kappa shape index (κ2) is 5.40. The van der Waals surface area contributed by atoms with Crippen molar-refractivity contribution < 1.29 is 9.90 Å². The van der Waals surface area contributed by atoms with Gasteiger partial charge < -0.3 is 14.8 Å². The van der Waals surface area contributed by atoms with Crippen LogP contribution in [0, 0.1) is 0 Å². The molecule has 2 rings (SSSR count). The highest BCUT2D eigenvalue weighted by molar-refractivity contribution is 5.95. The lowest BCUT2D eigenvalue weighted by Gasteiger charge is -2.29. The van der Waals surface area contributed by atoms with E-state index >= 15 is 0 Å². The van der Waals surface area contributed by atoms with Crippen molar-refractivity contribution in [2.75, 3.05) is 6.61 Å².